The Labute approximate surface area is 155 Å². The maximum absolute atomic E-state index is 13.1. The topological polar surface area (TPSA) is 61.4 Å². The minimum absolute atomic E-state index is 0.0806. The monoisotopic (exact) mass is 355 g/mol. The standard InChI is InChI=1S/C21H29N3O2/c25-19(24-11-4-1-5-12-24)16-7-6-9-18(13-16)23-20(26)21-10-3-2-8-17(21)14-22-15-21/h6-7,9,13,17,22H,1-5,8,10-12,14-15H2,(H,23,26)/t17-,21+/m0/s1. The fourth-order valence-electron chi connectivity index (χ4n) is 4.96. The molecule has 2 atom stereocenters. The van der Waals surface area contributed by atoms with E-state index in [1.165, 1.54) is 12.8 Å². The number of anilines is 1. The molecule has 26 heavy (non-hydrogen) atoms. The van der Waals surface area contributed by atoms with E-state index < -0.39 is 0 Å². The van der Waals surface area contributed by atoms with Gasteiger partial charge in [0.05, 0.1) is 5.41 Å². The SMILES string of the molecule is O=C(c1cccc(NC(=O)[C@@]23CCCC[C@H]2CNC3)c1)N1CCCCC1. The van der Waals surface area contributed by atoms with E-state index in [9.17, 15) is 9.59 Å². The molecule has 140 valence electrons. The van der Waals surface area contributed by atoms with E-state index in [0.29, 0.717) is 11.5 Å². The Kier molecular flexibility index (Phi) is 4.98. The Hall–Kier alpha value is -1.88. The zero-order chi connectivity index (χ0) is 18.0. The minimum atomic E-state index is -0.273. The summed E-state index contributed by atoms with van der Waals surface area (Å²) in [6.07, 6.45) is 7.81. The molecule has 2 N–H and O–H groups in total. The molecule has 4 rings (SSSR count). The normalized spacial score (nSPS) is 28.5. The van der Waals surface area contributed by atoms with Gasteiger partial charge in [-0.2, -0.15) is 0 Å². The number of fused-ring (bicyclic) bond motifs is 1. The van der Waals surface area contributed by atoms with Crippen molar-refractivity contribution in [1.29, 1.82) is 0 Å². The lowest BCUT2D eigenvalue weighted by atomic mass is 9.67. The zero-order valence-corrected chi connectivity index (χ0v) is 15.4. The van der Waals surface area contributed by atoms with Crippen LogP contribution in [-0.2, 0) is 4.79 Å². The van der Waals surface area contributed by atoms with Gasteiger partial charge in [0.1, 0.15) is 0 Å². The molecule has 1 aliphatic carbocycles. The summed E-state index contributed by atoms with van der Waals surface area (Å²) in [6, 6.07) is 7.45. The smallest absolute Gasteiger partial charge is 0.253 e. The van der Waals surface area contributed by atoms with Gasteiger partial charge in [0.2, 0.25) is 5.91 Å². The predicted molar refractivity (Wildman–Crippen MR) is 102 cm³/mol. The van der Waals surface area contributed by atoms with E-state index in [1.807, 2.05) is 29.2 Å². The van der Waals surface area contributed by atoms with Crippen LogP contribution in [0.4, 0.5) is 5.69 Å². The van der Waals surface area contributed by atoms with Gasteiger partial charge >= 0.3 is 0 Å². The molecular weight excluding hydrogens is 326 g/mol. The van der Waals surface area contributed by atoms with Crippen LogP contribution in [0.25, 0.3) is 0 Å². The van der Waals surface area contributed by atoms with Crippen LogP contribution in [-0.4, -0.2) is 42.9 Å². The number of nitrogens with one attached hydrogen (secondary N) is 2. The molecule has 3 aliphatic rings. The molecule has 5 heteroatoms. The highest BCUT2D eigenvalue weighted by Crippen LogP contribution is 2.44. The van der Waals surface area contributed by atoms with E-state index in [1.54, 1.807) is 0 Å². The number of nitrogens with zero attached hydrogens (tertiary/aromatic N) is 1. The number of carbonyl (C=O) groups excluding carboxylic acids is 2. The average molecular weight is 355 g/mol. The number of rotatable bonds is 3. The van der Waals surface area contributed by atoms with Gasteiger partial charge in [0.25, 0.3) is 5.91 Å². The Morgan fingerprint density at radius 2 is 1.96 bits per heavy atom. The number of hydrogen-bond donors (Lipinski definition) is 2. The number of hydrogen-bond acceptors (Lipinski definition) is 3. The number of piperidine rings is 1. The summed E-state index contributed by atoms with van der Waals surface area (Å²) in [5.41, 5.74) is 1.14. The molecular formula is C21H29N3O2. The van der Waals surface area contributed by atoms with Crippen molar-refractivity contribution in [2.24, 2.45) is 11.3 Å². The Balaban J connectivity index is 1.48. The first kappa shape index (κ1) is 17.5. The van der Waals surface area contributed by atoms with E-state index in [4.69, 9.17) is 0 Å². The molecule has 5 nitrogen and oxygen atoms in total. The van der Waals surface area contributed by atoms with Crippen LogP contribution in [0.3, 0.4) is 0 Å². The highest BCUT2D eigenvalue weighted by molar-refractivity contribution is 5.99. The molecule has 2 amide bonds. The second kappa shape index (κ2) is 7.39. The average Bonchev–Trinajstić information content (AvgIpc) is 3.14. The van der Waals surface area contributed by atoms with Gasteiger partial charge < -0.3 is 15.5 Å². The van der Waals surface area contributed by atoms with Gasteiger partial charge in [0.15, 0.2) is 0 Å². The minimum Gasteiger partial charge on any atom is -0.339 e. The summed E-state index contributed by atoms with van der Waals surface area (Å²) in [4.78, 5) is 27.8. The fourth-order valence-corrected chi connectivity index (χ4v) is 4.96. The van der Waals surface area contributed by atoms with Gasteiger partial charge in [0, 0.05) is 30.9 Å². The van der Waals surface area contributed by atoms with Crippen molar-refractivity contribution in [2.45, 2.75) is 44.9 Å². The Bertz CT molecular complexity index is 684. The van der Waals surface area contributed by atoms with Crippen molar-refractivity contribution in [3.63, 3.8) is 0 Å². The third kappa shape index (κ3) is 3.25. The van der Waals surface area contributed by atoms with Crippen LogP contribution >= 0.6 is 0 Å². The Morgan fingerprint density at radius 1 is 1.12 bits per heavy atom. The second-order valence-corrected chi connectivity index (χ2v) is 8.12. The van der Waals surface area contributed by atoms with Gasteiger partial charge in [-0.3, -0.25) is 9.59 Å². The van der Waals surface area contributed by atoms with Crippen molar-refractivity contribution < 1.29 is 9.59 Å². The summed E-state index contributed by atoms with van der Waals surface area (Å²) in [5, 5.41) is 6.55. The lowest BCUT2D eigenvalue weighted by Gasteiger charge is -2.37. The summed E-state index contributed by atoms with van der Waals surface area (Å²) in [6.45, 7) is 3.40. The van der Waals surface area contributed by atoms with Crippen LogP contribution in [0.1, 0.15) is 55.3 Å². The van der Waals surface area contributed by atoms with Gasteiger partial charge in [-0.15, -0.1) is 0 Å². The van der Waals surface area contributed by atoms with Crippen LogP contribution in [0.15, 0.2) is 24.3 Å². The third-order valence-corrected chi connectivity index (χ3v) is 6.50. The maximum atomic E-state index is 13.1. The molecule has 0 spiro atoms. The summed E-state index contributed by atoms with van der Waals surface area (Å²) in [5.74, 6) is 0.640. The van der Waals surface area contributed by atoms with E-state index >= 15 is 0 Å². The molecule has 0 unspecified atom stereocenters. The van der Waals surface area contributed by atoms with E-state index in [2.05, 4.69) is 10.6 Å². The molecule has 1 saturated carbocycles. The molecule has 0 aromatic heterocycles. The lowest BCUT2D eigenvalue weighted by Crippen LogP contribution is -2.44. The first-order chi connectivity index (χ1) is 12.7. The second-order valence-electron chi connectivity index (χ2n) is 8.12. The molecule has 2 saturated heterocycles. The first-order valence-corrected chi connectivity index (χ1v) is 10.1. The number of amides is 2. The highest BCUT2D eigenvalue weighted by atomic mass is 16.2. The van der Waals surface area contributed by atoms with Gasteiger partial charge in [-0.05, 0) is 62.8 Å². The molecule has 1 aromatic rings. The Morgan fingerprint density at radius 3 is 2.81 bits per heavy atom. The van der Waals surface area contributed by atoms with E-state index in [0.717, 1.165) is 64.0 Å². The third-order valence-electron chi connectivity index (χ3n) is 6.50. The molecule has 1 aromatic carbocycles. The quantitative estimate of drug-likeness (QED) is 0.876. The van der Waals surface area contributed by atoms with Crippen LogP contribution in [0.2, 0.25) is 0 Å². The van der Waals surface area contributed by atoms with Crippen molar-refractivity contribution in [3.05, 3.63) is 29.8 Å². The largest absolute Gasteiger partial charge is 0.339 e. The maximum Gasteiger partial charge on any atom is 0.253 e. The fraction of sp³-hybridized carbons (Fsp3) is 0.619. The number of carbonyl (C=O) groups is 2. The molecule has 2 aliphatic heterocycles. The number of benzene rings is 1. The van der Waals surface area contributed by atoms with Crippen molar-refractivity contribution in [3.8, 4) is 0 Å². The van der Waals surface area contributed by atoms with Crippen LogP contribution in [0.5, 0.6) is 0 Å². The zero-order valence-electron chi connectivity index (χ0n) is 15.4. The number of likely N-dealkylation sites (tertiary alicyclic amines) is 1. The molecule has 2 heterocycles. The molecule has 0 bridgehead atoms. The molecule has 0 radical (unpaired) electrons. The van der Waals surface area contributed by atoms with Crippen molar-refractivity contribution in [2.75, 3.05) is 31.5 Å². The predicted octanol–water partition coefficient (Wildman–Crippen LogP) is 3.03. The van der Waals surface area contributed by atoms with Crippen LogP contribution < -0.4 is 10.6 Å². The summed E-state index contributed by atoms with van der Waals surface area (Å²) < 4.78 is 0. The molecule has 3 fully saturated rings. The van der Waals surface area contributed by atoms with Crippen LogP contribution in [0, 0.1) is 11.3 Å². The first-order valence-electron chi connectivity index (χ1n) is 10.1. The van der Waals surface area contributed by atoms with Crippen molar-refractivity contribution >= 4 is 17.5 Å². The lowest BCUT2D eigenvalue weighted by molar-refractivity contribution is -0.128. The van der Waals surface area contributed by atoms with Gasteiger partial charge in [-0.1, -0.05) is 18.9 Å². The van der Waals surface area contributed by atoms with Crippen molar-refractivity contribution in [1.82, 2.24) is 10.2 Å². The van der Waals surface area contributed by atoms with E-state index in [-0.39, 0.29) is 17.2 Å². The summed E-state index contributed by atoms with van der Waals surface area (Å²) in [7, 11) is 0. The van der Waals surface area contributed by atoms with Gasteiger partial charge in [-0.25, -0.2) is 0 Å². The highest BCUT2D eigenvalue weighted by Gasteiger charge is 2.49. The summed E-state index contributed by atoms with van der Waals surface area (Å²) >= 11 is 0.